The molecule has 90 valence electrons. The van der Waals surface area contributed by atoms with Crippen molar-refractivity contribution in [1.82, 2.24) is 20.2 Å². The molecule has 0 aliphatic heterocycles. The molecule has 3 aromatic rings. The zero-order valence-corrected chi connectivity index (χ0v) is 10.5. The summed E-state index contributed by atoms with van der Waals surface area (Å²) >= 11 is 1.61. The lowest BCUT2D eigenvalue weighted by molar-refractivity contribution is 1.09. The third kappa shape index (κ3) is 1.76. The fourth-order valence-electron chi connectivity index (χ4n) is 1.76. The van der Waals surface area contributed by atoms with Crippen LogP contribution in [0.5, 0.6) is 0 Å². The van der Waals surface area contributed by atoms with Crippen molar-refractivity contribution in [2.24, 2.45) is 0 Å². The Kier molecular flexibility index (Phi) is 2.56. The second kappa shape index (κ2) is 4.23. The van der Waals surface area contributed by atoms with Gasteiger partial charge in [-0.25, -0.2) is 9.97 Å². The lowest BCUT2D eigenvalue weighted by Gasteiger charge is -1.98. The minimum absolute atomic E-state index is 0.505. The summed E-state index contributed by atoms with van der Waals surface area (Å²) in [6.45, 7) is 2.04. The van der Waals surface area contributed by atoms with Crippen LogP contribution in [0, 0.1) is 6.92 Å². The van der Waals surface area contributed by atoms with Crippen molar-refractivity contribution in [2.75, 3.05) is 5.73 Å². The Morgan fingerprint density at radius 2 is 2.28 bits per heavy atom. The number of anilines is 1. The second-order valence-electron chi connectivity index (χ2n) is 3.85. The molecular weight excluding hydrogens is 246 g/mol. The summed E-state index contributed by atoms with van der Waals surface area (Å²) in [4.78, 5) is 9.84. The number of aromatic amines is 1. The number of rotatable bonds is 2. The number of pyridine rings is 1. The minimum atomic E-state index is 0.505. The Morgan fingerprint density at radius 3 is 3.00 bits per heavy atom. The van der Waals surface area contributed by atoms with Crippen molar-refractivity contribution < 1.29 is 0 Å². The predicted molar refractivity (Wildman–Crippen MR) is 72.1 cm³/mol. The molecule has 0 fully saturated rings. The molecule has 0 atom stereocenters. The topological polar surface area (TPSA) is 80.5 Å². The molecule has 0 aliphatic carbocycles. The van der Waals surface area contributed by atoms with Crippen molar-refractivity contribution in [3.05, 3.63) is 35.6 Å². The number of thiazole rings is 1. The Hall–Kier alpha value is -2.21. The van der Waals surface area contributed by atoms with Crippen LogP contribution in [0.2, 0.25) is 0 Å². The number of nitrogens with zero attached hydrogens (tertiary/aromatic N) is 3. The SMILES string of the molecule is Cc1sc(-c2cccnc2N)nc1-c1cn[nH]c1. The van der Waals surface area contributed by atoms with Gasteiger partial charge in [-0.05, 0) is 19.1 Å². The molecule has 0 amide bonds. The number of nitrogens with one attached hydrogen (secondary N) is 1. The number of hydrogen-bond donors (Lipinski definition) is 2. The molecule has 0 unspecified atom stereocenters. The van der Waals surface area contributed by atoms with Crippen LogP contribution < -0.4 is 5.73 Å². The quantitative estimate of drug-likeness (QED) is 0.739. The summed E-state index contributed by atoms with van der Waals surface area (Å²) in [5.41, 5.74) is 8.66. The first kappa shape index (κ1) is 10.9. The van der Waals surface area contributed by atoms with Gasteiger partial charge in [0.15, 0.2) is 0 Å². The normalized spacial score (nSPS) is 10.7. The van der Waals surface area contributed by atoms with Gasteiger partial charge >= 0.3 is 0 Å². The number of nitrogens with two attached hydrogens (primary N) is 1. The highest BCUT2D eigenvalue weighted by Crippen LogP contribution is 2.34. The Morgan fingerprint density at radius 1 is 1.39 bits per heavy atom. The fraction of sp³-hybridized carbons (Fsp3) is 0.0833. The molecule has 0 bridgehead atoms. The lowest BCUT2D eigenvalue weighted by Crippen LogP contribution is -1.92. The number of nitrogen functional groups attached to an aromatic ring is 1. The highest BCUT2D eigenvalue weighted by atomic mass is 32.1. The van der Waals surface area contributed by atoms with Gasteiger partial charge in [-0.2, -0.15) is 5.10 Å². The van der Waals surface area contributed by atoms with Crippen molar-refractivity contribution in [3.63, 3.8) is 0 Å². The lowest BCUT2D eigenvalue weighted by atomic mass is 10.2. The van der Waals surface area contributed by atoms with Gasteiger partial charge < -0.3 is 5.73 Å². The molecule has 3 rings (SSSR count). The first-order chi connectivity index (χ1) is 8.75. The number of aryl methyl sites for hydroxylation is 1. The van der Waals surface area contributed by atoms with E-state index in [-0.39, 0.29) is 0 Å². The van der Waals surface area contributed by atoms with E-state index in [1.165, 1.54) is 0 Å². The van der Waals surface area contributed by atoms with E-state index in [0.717, 1.165) is 26.7 Å². The van der Waals surface area contributed by atoms with Gasteiger partial charge in [-0.3, -0.25) is 5.10 Å². The van der Waals surface area contributed by atoms with Gasteiger partial charge in [-0.15, -0.1) is 11.3 Å². The van der Waals surface area contributed by atoms with E-state index in [0.29, 0.717) is 5.82 Å². The third-order valence-electron chi connectivity index (χ3n) is 2.64. The van der Waals surface area contributed by atoms with Crippen LogP contribution >= 0.6 is 11.3 Å². The average molecular weight is 257 g/mol. The molecule has 0 aliphatic rings. The molecule has 0 aromatic carbocycles. The summed E-state index contributed by atoms with van der Waals surface area (Å²) in [6, 6.07) is 3.79. The maximum atomic E-state index is 5.87. The molecular formula is C12H11N5S. The van der Waals surface area contributed by atoms with Gasteiger partial charge in [0.1, 0.15) is 10.8 Å². The molecule has 3 N–H and O–H groups in total. The molecule has 0 saturated heterocycles. The van der Waals surface area contributed by atoms with Gasteiger partial charge in [0.05, 0.1) is 17.5 Å². The first-order valence-electron chi connectivity index (χ1n) is 5.43. The number of aromatic nitrogens is 4. The molecule has 3 aromatic heterocycles. The molecule has 18 heavy (non-hydrogen) atoms. The van der Waals surface area contributed by atoms with E-state index in [2.05, 4.69) is 20.2 Å². The van der Waals surface area contributed by atoms with E-state index in [4.69, 9.17) is 5.73 Å². The van der Waals surface area contributed by atoms with Gasteiger partial charge in [-0.1, -0.05) is 0 Å². The zero-order chi connectivity index (χ0) is 12.5. The van der Waals surface area contributed by atoms with Crippen LogP contribution in [0.15, 0.2) is 30.7 Å². The summed E-state index contributed by atoms with van der Waals surface area (Å²) in [6.07, 6.45) is 5.27. The summed E-state index contributed by atoms with van der Waals surface area (Å²) in [5, 5.41) is 7.62. The van der Waals surface area contributed by atoms with Gasteiger partial charge in [0, 0.05) is 22.8 Å². The first-order valence-corrected chi connectivity index (χ1v) is 6.25. The zero-order valence-electron chi connectivity index (χ0n) is 9.71. The highest BCUT2D eigenvalue weighted by molar-refractivity contribution is 7.15. The monoisotopic (exact) mass is 257 g/mol. The summed E-state index contributed by atoms with van der Waals surface area (Å²) in [7, 11) is 0. The predicted octanol–water partition coefficient (Wildman–Crippen LogP) is 2.49. The van der Waals surface area contributed by atoms with Crippen LogP contribution in [-0.4, -0.2) is 20.2 Å². The fourth-order valence-corrected chi connectivity index (χ4v) is 2.73. The molecule has 0 spiro atoms. The average Bonchev–Trinajstić information content (AvgIpc) is 2.98. The van der Waals surface area contributed by atoms with E-state index in [9.17, 15) is 0 Å². The van der Waals surface area contributed by atoms with Crippen molar-refractivity contribution in [3.8, 4) is 21.8 Å². The molecule has 0 radical (unpaired) electrons. The number of hydrogen-bond acceptors (Lipinski definition) is 5. The van der Waals surface area contributed by atoms with E-state index < -0.39 is 0 Å². The Labute approximate surface area is 108 Å². The van der Waals surface area contributed by atoms with Crippen molar-refractivity contribution in [2.45, 2.75) is 6.92 Å². The van der Waals surface area contributed by atoms with E-state index in [1.54, 1.807) is 23.7 Å². The molecule has 5 nitrogen and oxygen atoms in total. The van der Waals surface area contributed by atoms with Gasteiger partial charge in [0.2, 0.25) is 0 Å². The Bertz CT molecular complexity index is 672. The Balaban J connectivity index is 2.11. The maximum Gasteiger partial charge on any atom is 0.133 e. The maximum absolute atomic E-state index is 5.87. The number of H-pyrrole nitrogens is 1. The minimum Gasteiger partial charge on any atom is -0.383 e. The second-order valence-corrected chi connectivity index (χ2v) is 5.05. The molecule has 6 heteroatoms. The van der Waals surface area contributed by atoms with Crippen molar-refractivity contribution >= 4 is 17.2 Å². The molecule has 0 saturated carbocycles. The highest BCUT2D eigenvalue weighted by Gasteiger charge is 2.13. The van der Waals surface area contributed by atoms with Crippen LogP contribution in [0.4, 0.5) is 5.82 Å². The summed E-state index contributed by atoms with van der Waals surface area (Å²) in [5.74, 6) is 0.505. The van der Waals surface area contributed by atoms with Gasteiger partial charge in [0.25, 0.3) is 0 Å². The van der Waals surface area contributed by atoms with Crippen molar-refractivity contribution in [1.29, 1.82) is 0 Å². The standard InChI is InChI=1S/C12H11N5S/c1-7-10(8-5-15-16-6-8)17-12(18-7)9-3-2-4-14-11(9)13/h2-6H,1H3,(H2,13,14)(H,15,16). The van der Waals surface area contributed by atoms with Crippen LogP contribution in [0.3, 0.4) is 0 Å². The summed E-state index contributed by atoms with van der Waals surface area (Å²) < 4.78 is 0. The smallest absolute Gasteiger partial charge is 0.133 e. The third-order valence-corrected chi connectivity index (χ3v) is 3.64. The van der Waals surface area contributed by atoms with E-state index in [1.807, 2.05) is 25.3 Å². The largest absolute Gasteiger partial charge is 0.383 e. The van der Waals surface area contributed by atoms with Crippen LogP contribution in [0.25, 0.3) is 21.8 Å². The van der Waals surface area contributed by atoms with Crippen LogP contribution in [-0.2, 0) is 0 Å². The van der Waals surface area contributed by atoms with Crippen LogP contribution in [0.1, 0.15) is 4.88 Å². The van der Waals surface area contributed by atoms with E-state index >= 15 is 0 Å². The molecule has 3 heterocycles.